The van der Waals surface area contributed by atoms with Crippen molar-refractivity contribution in [2.45, 2.75) is 39.2 Å². The second-order valence-electron chi connectivity index (χ2n) is 6.84. The van der Waals surface area contributed by atoms with Gasteiger partial charge in [-0.1, -0.05) is 54.6 Å². The highest BCUT2D eigenvalue weighted by Crippen LogP contribution is 2.09. The number of hydrogen-bond acceptors (Lipinski definition) is 6. The first-order valence-corrected chi connectivity index (χ1v) is 11.8. The maximum absolute atomic E-state index is 12.1. The van der Waals surface area contributed by atoms with Crippen molar-refractivity contribution < 1.29 is 28.0 Å². The largest absolute Gasteiger partial charge is 0.502 e. The molecule has 6 nitrogen and oxygen atoms in total. The van der Waals surface area contributed by atoms with Gasteiger partial charge in [0, 0.05) is 18.7 Å². The number of ether oxygens (including phenoxy) is 3. The number of esters is 2. The van der Waals surface area contributed by atoms with E-state index < -0.39 is 9.52 Å². The van der Waals surface area contributed by atoms with Gasteiger partial charge in [-0.05, 0) is 46.9 Å². The lowest BCUT2D eigenvalue weighted by molar-refractivity contribution is -0.142. The van der Waals surface area contributed by atoms with Gasteiger partial charge in [-0.2, -0.15) is 0 Å². The highest BCUT2D eigenvalue weighted by molar-refractivity contribution is 8.00. The zero-order valence-electron chi connectivity index (χ0n) is 19.6. The number of carbonyl (C=O) groups is 2. The second kappa shape index (κ2) is 15.7. The molecular formula is C25H34O6S. The molecule has 0 radical (unpaired) electrons. The van der Waals surface area contributed by atoms with E-state index in [0.29, 0.717) is 11.5 Å². The average molecular weight is 463 g/mol. The number of rotatable bonds is 7. The van der Waals surface area contributed by atoms with Crippen LogP contribution in [0.5, 0.6) is 0 Å². The maximum atomic E-state index is 12.1. The van der Waals surface area contributed by atoms with Crippen LogP contribution in [0.4, 0.5) is 0 Å². The third kappa shape index (κ3) is 14.8. The molecule has 7 heteroatoms. The molecule has 0 bridgehead atoms. The van der Waals surface area contributed by atoms with E-state index in [0.717, 1.165) is 11.3 Å². The molecule has 0 spiro atoms. The molecule has 32 heavy (non-hydrogen) atoms. The van der Waals surface area contributed by atoms with E-state index >= 15 is 0 Å². The van der Waals surface area contributed by atoms with Gasteiger partial charge in [0.1, 0.15) is 13.2 Å². The summed E-state index contributed by atoms with van der Waals surface area (Å²) in [4.78, 5) is 21.7. The molecule has 2 aromatic rings. The van der Waals surface area contributed by atoms with Gasteiger partial charge in [0.25, 0.3) is 0 Å². The molecule has 0 fully saturated rings. The van der Waals surface area contributed by atoms with Crippen LogP contribution in [0.15, 0.2) is 71.8 Å². The van der Waals surface area contributed by atoms with Crippen molar-refractivity contribution in [2.24, 2.45) is 0 Å². The van der Waals surface area contributed by atoms with Crippen molar-refractivity contribution in [3.05, 3.63) is 78.1 Å². The summed E-state index contributed by atoms with van der Waals surface area (Å²) >= 11 is 0. The minimum Gasteiger partial charge on any atom is -0.502 e. The van der Waals surface area contributed by atoms with Gasteiger partial charge in [0.05, 0.1) is 18.6 Å². The van der Waals surface area contributed by atoms with Crippen LogP contribution in [-0.2, 0) is 39.9 Å². The normalized spacial score (nSPS) is 11.3. The van der Waals surface area contributed by atoms with Crippen LogP contribution >= 0.6 is 0 Å². The van der Waals surface area contributed by atoms with Crippen molar-refractivity contribution in [1.82, 2.24) is 0 Å². The van der Waals surface area contributed by atoms with Gasteiger partial charge < -0.3 is 14.2 Å². The third-order valence-corrected chi connectivity index (χ3v) is 5.76. The monoisotopic (exact) mass is 462 g/mol. The summed E-state index contributed by atoms with van der Waals surface area (Å²) in [6, 6.07) is 16.9. The van der Waals surface area contributed by atoms with Crippen LogP contribution in [0.1, 0.15) is 31.9 Å². The molecule has 0 aliphatic heterocycles. The molecule has 0 N–H and O–H groups in total. The molecule has 2 aromatic carbocycles. The van der Waals surface area contributed by atoms with E-state index in [2.05, 4.69) is 17.2 Å². The van der Waals surface area contributed by atoms with Gasteiger partial charge in [-0.15, -0.1) is 0 Å². The third-order valence-electron chi connectivity index (χ3n) is 3.80. The highest BCUT2D eigenvalue weighted by atomic mass is 32.2. The van der Waals surface area contributed by atoms with Crippen molar-refractivity contribution >= 4 is 27.3 Å². The lowest BCUT2D eigenvalue weighted by Crippen LogP contribution is -2.13. The molecule has 0 saturated carbocycles. The molecule has 176 valence electrons. The predicted octanol–water partition coefficient (Wildman–Crippen LogP) is 4.55. The molecule has 1 unspecified atom stereocenters. The molecule has 2 rings (SSSR count). The number of aryl methyl sites for hydroxylation is 1. The van der Waals surface area contributed by atoms with E-state index in [4.69, 9.17) is 9.47 Å². The Bertz CT molecular complexity index is 932. The molecule has 0 saturated heterocycles. The van der Waals surface area contributed by atoms with Crippen LogP contribution in [-0.4, -0.2) is 41.5 Å². The van der Waals surface area contributed by atoms with E-state index in [1.54, 1.807) is 26.2 Å². The van der Waals surface area contributed by atoms with Gasteiger partial charge in [0.2, 0.25) is 0 Å². The van der Waals surface area contributed by atoms with Gasteiger partial charge in [-0.25, -0.2) is 0 Å². The van der Waals surface area contributed by atoms with Crippen molar-refractivity contribution in [1.29, 1.82) is 0 Å². The molecule has 0 amide bonds. The predicted molar refractivity (Wildman–Crippen MR) is 130 cm³/mol. The summed E-state index contributed by atoms with van der Waals surface area (Å²) in [5.74, 6) is 4.09. The molecule has 1 atom stereocenters. The Morgan fingerprint density at radius 2 is 1.41 bits per heavy atom. The lowest BCUT2D eigenvalue weighted by atomic mass is 10.2. The topological polar surface area (TPSA) is 78.9 Å². The Kier molecular flexibility index (Phi) is 14.2. The molecule has 0 aliphatic rings. The Hall–Kier alpha value is -3.06. The average Bonchev–Trinajstić information content (AvgIpc) is 2.74. The quantitative estimate of drug-likeness (QED) is 0.341. The number of carbonyl (C=O) groups excluding carboxylic acids is 2. The molecule has 0 aliphatic carbocycles. The van der Waals surface area contributed by atoms with Gasteiger partial charge in [0.15, 0.2) is 0 Å². The molecular weight excluding hydrogens is 428 g/mol. The Morgan fingerprint density at radius 1 is 0.906 bits per heavy atom. The van der Waals surface area contributed by atoms with E-state index in [1.807, 2.05) is 49.4 Å². The lowest BCUT2D eigenvalue weighted by Gasteiger charge is -2.08. The Labute approximate surface area is 192 Å². The summed E-state index contributed by atoms with van der Waals surface area (Å²) in [6.45, 7) is 10.5. The van der Waals surface area contributed by atoms with Crippen molar-refractivity contribution in [3.63, 3.8) is 0 Å². The Morgan fingerprint density at radius 3 is 1.84 bits per heavy atom. The Balaban J connectivity index is 0.000000505. The number of benzene rings is 2. The maximum Gasteiger partial charge on any atom is 0.302 e. The summed E-state index contributed by atoms with van der Waals surface area (Å²) in [5.41, 5.74) is 2.23. The molecule has 0 heterocycles. The smallest absolute Gasteiger partial charge is 0.302 e. The first-order chi connectivity index (χ1) is 15.0. The first kappa shape index (κ1) is 28.9. The fraction of sp³-hybridized carbons (Fsp3) is 0.320. The van der Waals surface area contributed by atoms with Gasteiger partial charge in [-0.3, -0.25) is 13.8 Å². The van der Waals surface area contributed by atoms with E-state index in [1.165, 1.54) is 19.4 Å². The van der Waals surface area contributed by atoms with Gasteiger partial charge >= 0.3 is 11.9 Å². The number of allylic oxidation sites excluding steroid dienone is 1. The van der Waals surface area contributed by atoms with Crippen LogP contribution in [0.25, 0.3) is 0 Å². The summed E-state index contributed by atoms with van der Waals surface area (Å²) < 4.78 is 26.2. The zero-order chi connectivity index (χ0) is 24.6. The fourth-order valence-electron chi connectivity index (χ4n) is 1.98. The zero-order valence-corrected chi connectivity index (χ0v) is 20.4. The summed E-state index contributed by atoms with van der Waals surface area (Å²) in [5, 5.41) is 0. The van der Waals surface area contributed by atoms with Crippen LogP contribution in [0, 0.1) is 6.92 Å². The van der Waals surface area contributed by atoms with Crippen molar-refractivity contribution in [2.75, 3.05) is 19.5 Å². The number of methoxy groups -OCH3 is 1. The highest BCUT2D eigenvalue weighted by Gasteiger charge is 2.07. The summed E-state index contributed by atoms with van der Waals surface area (Å²) in [7, 11) is -0.734. The fourth-order valence-corrected chi connectivity index (χ4v) is 3.22. The SMILES string of the molecule is C=C(C)OC.C=S(=O)(CCOC(C)=O)c1ccccc1.CC(=O)OCc1ccc(C)cc1. The van der Waals surface area contributed by atoms with Crippen LogP contribution in [0.3, 0.4) is 0 Å². The standard InChI is InChI=1S/C11H14O3S.C10H12O2.C4H8O/c1-10(12)14-8-9-15(2,13)11-6-4-3-5-7-11;1-8-3-5-10(6-4-8)7-12-9(2)11;1-4(2)5-3/h3-7H,2,8-9H2,1H3;3-6H,7H2,1-2H3;1H2,2-3H3. The second-order valence-corrected chi connectivity index (χ2v) is 9.34. The first-order valence-electron chi connectivity index (χ1n) is 9.89. The van der Waals surface area contributed by atoms with E-state index in [-0.39, 0.29) is 24.3 Å². The van der Waals surface area contributed by atoms with Crippen LogP contribution < -0.4 is 0 Å². The molecule has 0 aromatic heterocycles. The minimum absolute atomic E-state index is 0.145. The van der Waals surface area contributed by atoms with Crippen LogP contribution in [0.2, 0.25) is 0 Å². The van der Waals surface area contributed by atoms with E-state index in [9.17, 15) is 13.8 Å². The minimum atomic E-state index is -2.33. The van der Waals surface area contributed by atoms with Crippen molar-refractivity contribution in [3.8, 4) is 0 Å². The number of hydrogen-bond donors (Lipinski definition) is 0. The summed E-state index contributed by atoms with van der Waals surface area (Å²) in [6.07, 6.45) is 0.